The van der Waals surface area contributed by atoms with Crippen LogP contribution in [0, 0.1) is 6.92 Å². The van der Waals surface area contributed by atoms with Crippen LogP contribution in [0.2, 0.25) is 0 Å². The fourth-order valence-corrected chi connectivity index (χ4v) is 2.91. The van der Waals surface area contributed by atoms with E-state index >= 15 is 0 Å². The van der Waals surface area contributed by atoms with Gasteiger partial charge in [0, 0.05) is 25.8 Å². The highest BCUT2D eigenvalue weighted by molar-refractivity contribution is 9.11. The maximum atomic E-state index is 12.4. The Morgan fingerprint density at radius 1 is 1.00 bits per heavy atom. The summed E-state index contributed by atoms with van der Waals surface area (Å²) in [5.74, 6) is -0.0336. The molecule has 4 heteroatoms. The lowest BCUT2D eigenvalue weighted by molar-refractivity contribution is 0.103. The van der Waals surface area contributed by atoms with Crippen LogP contribution in [0.1, 0.15) is 21.5 Å². The summed E-state index contributed by atoms with van der Waals surface area (Å²) in [7, 11) is 0. The number of nitrogens with two attached hydrogens (primary N) is 1. The number of benzene rings is 2. The molecule has 18 heavy (non-hydrogen) atoms. The van der Waals surface area contributed by atoms with E-state index < -0.39 is 0 Å². The third-order valence-corrected chi connectivity index (χ3v) is 3.92. The smallest absolute Gasteiger partial charge is 0.195 e. The molecule has 0 unspecified atom stereocenters. The molecule has 0 spiro atoms. The van der Waals surface area contributed by atoms with Gasteiger partial charge in [-0.15, -0.1) is 0 Å². The van der Waals surface area contributed by atoms with Gasteiger partial charge in [0.2, 0.25) is 0 Å². The molecule has 0 saturated carbocycles. The van der Waals surface area contributed by atoms with E-state index in [1.807, 2.05) is 25.1 Å². The zero-order chi connectivity index (χ0) is 13.3. The van der Waals surface area contributed by atoms with Crippen molar-refractivity contribution in [2.75, 3.05) is 5.73 Å². The van der Waals surface area contributed by atoms with Gasteiger partial charge < -0.3 is 5.73 Å². The average molecular weight is 369 g/mol. The fraction of sp³-hybridized carbons (Fsp3) is 0.0714. The van der Waals surface area contributed by atoms with Gasteiger partial charge in [0.15, 0.2) is 5.78 Å². The number of nitrogen functional groups attached to an aromatic ring is 1. The van der Waals surface area contributed by atoms with Gasteiger partial charge in [0.25, 0.3) is 0 Å². The van der Waals surface area contributed by atoms with E-state index in [9.17, 15) is 4.79 Å². The second-order valence-electron chi connectivity index (χ2n) is 4.05. The van der Waals surface area contributed by atoms with Gasteiger partial charge >= 0.3 is 0 Å². The number of ketones is 1. The minimum absolute atomic E-state index is 0.0336. The Morgan fingerprint density at radius 3 is 2.11 bits per heavy atom. The maximum absolute atomic E-state index is 12.4. The molecule has 2 aromatic carbocycles. The van der Waals surface area contributed by atoms with Crippen molar-refractivity contribution in [3.8, 4) is 0 Å². The van der Waals surface area contributed by atoms with Gasteiger partial charge in [-0.25, -0.2) is 0 Å². The second-order valence-corrected chi connectivity index (χ2v) is 5.76. The predicted octanol–water partition coefficient (Wildman–Crippen LogP) is 4.33. The van der Waals surface area contributed by atoms with Crippen LogP contribution in [0.25, 0.3) is 0 Å². The van der Waals surface area contributed by atoms with Crippen molar-refractivity contribution in [3.63, 3.8) is 0 Å². The number of hydrogen-bond acceptors (Lipinski definition) is 2. The molecule has 92 valence electrons. The Morgan fingerprint density at radius 2 is 1.56 bits per heavy atom. The summed E-state index contributed by atoms with van der Waals surface area (Å²) in [6.45, 7) is 1.98. The number of carbonyl (C=O) groups excluding carboxylic acids is 1. The van der Waals surface area contributed by atoms with Crippen LogP contribution in [-0.2, 0) is 0 Å². The topological polar surface area (TPSA) is 43.1 Å². The van der Waals surface area contributed by atoms with Crippen molar-refractivity contribution < 1.29 is 4.79 Å². The van der Waals surface area contributed by atoms with Crippen molar-refractivity contribution in [1.29, 1.82) is 0 Å². The molecular formula is C14H11Br2NO. The lowest BCUT2D eigenvalue weighted by Crippen LogP contribution is -2.04. The van der Waals surface area contributed by atoms with E-state index in [4.69, 9.17) is 5.73 Å². The molecule has 0 amide bonds. The van der Waals surface area contributed by atoms with Crippen LogP contribution in [-0.4, -0.2) is 5.78 Å². The van der Waals surface area contributed by atoms with E-state index in [-0.39, 0.29) is 5.78 Å². The van der Waals surface area contributed by atoms with Crippen molar-refractivity contribution in [1.82, 2.24) is 0 Å². The lowest BCUT2D eigenvalue weighted by Gasteiger charge is -2.07. The molecule has 2 nitrogen and oxygen atoms in total. The molecule has 2 N–H and O–H groups in total. The highest BCUT2D eigenvalue weighted by Gasteiger charge is 2.15. The third-order valence-electron chi connectivity index (χ3n) is 2.61. The van der Waals surface area contributed by atoms with Crippen LogP contribution in [0.4, 0.5) is 5.69 Å². The SMILES string of the molecule is Cc1ccc(C(=O)c2ccc(N)cc2Br)c(Br)c1. The van der Waals surface area contributed by atoms with Crippen LogP contribution >= 0.6 is 31.9 Å². The number of halogens is 2. The molecule has 0 radical (unpaired) electrons. The summed E-state index contributed by atoms with van der Waals surface area (Å²) in [5.41, 5.74) is 8.65. The first-order valence-corrected chi connectivity index (χ1v) is 6.93. The molecular weight excluding hydrogens is 358 g/mol. The van der Waals surface area contributed by atoms with E-state index in [2.05, 4.69) is 31.9 Å². The van der Waals surface area contributed by atoms with Crippen LogP contribution in [0.3, 0.4) is 0 Å². The summed E-state index contributed by atoms with van der Waals surface area (Å²) in [6.07, 6.45) is 0. The third kappa shape index (κ3) is 2.65. The molecule has 0 aliphatic carbocycles. The quantitative estimate of drug-likeness (QED) is 0.633. The van der Waals surface area contributed by atoms with Gasteiger partial charge in [-0.1, -0.05) is 22.0 Å². The summed E-state index contributed by atoms with van der Waals surface area (Å²) < 4.78 is 1.51. The molecule has 0 saturated heterocycles. The largest absolute Gasteiger partial charge is 0.399 e. The van der Waals surface area contributed by atoms with Crippen LogP contribution in [0.5, 0.6) is 0 Å². The molecule has 0 heterocycles. The first-order valence-electron chi connectivity index (χ1n) is 5.35. The van der Waals surface area contributed by atoms with E-state index in [0.29, 0.717) is 21.3 Å². The van der Waals surface area contributed by atoms with Crippen LogP contribution < -0.4 is 5.73 Å². The minimum atomic E-state index is -0.0336. The van der Waals surface area contributed by atoms with Crippen molar-refractivity contribution >= 4 is 43.3 Å². The number of anilines is 1. The maximum Gasteiger partial charge on any atom is 0.195 e. The van der Waals surface area contributed by atoms with E-state index in [1.54, 1.807) is 18.2 Å². The Hall–Kier alpha value is -1.13. The fourth-order valence-electron chi connectivity index (χ4n) is 1.66. The molecule has 0 fully saturated rings. The number of hydrogen-bond donors (Lipinski definition) is 1. The van der Waals surface area contributed by atoms with Gasteiger partial charge in [-0.2, -0.15) is 0 Å². The molecule has 0 bridgehead atoms. The van der Waals surface area contributed by atoms with Gasteiger partial charge in [0.05, 0.1) is 0 Å². The zero-order valence-electron chi connectivity index (χ0n) is 9.71. The van der Waals surface area contributed by atoms with Crippen molar-refractivity contribution in [2.24, 2.45) is 0 Å². The van der Waals surface area contributed by atoms with Crippen LogP contribution in [0.15, 0.2) is 45.3 Å². The average Bonchev–Trinajstić information content (AvgIpc) is 2.28. The van der Waals surface area contributed by atoms with Crippen molar-refractivity contribution in [3.05, 3.63) is 62.0 Å². The van der Waals surface area contributed by atoms with E-state index in [1.165, 1.54) is 0 Å². The van der Waals surface area contributed by atoms with Crippen molar-refractivity contribution in [2.45, 2.75) is 6.92 Å². The molecule has 0 atom stereocenters. The summed E-state index contributed by atoms with van der Waals surface area (Å²) in [6, 6.07) is 10.9. The molecule has 0 aliphatic heterocycles. The first kappa shape index (κ1) is 13.3. The highest BCUT2D eigenvalue weighted by Crippen LogP contribution is 2.26. The normalized spacial score (nSPS) is 10.4. The summed E-state index contributed by atoms with van der Waals surface area (Å²) >= 11 is 6.79. The summed E-state index contributed by atoms with van der Waals surface area (Å²) in [4.78, 5) is 12.4. The Balaban J connectivity index is 2.48. The predicted molar refractivity (Wildman–Crippen MR) is 80.9 cm³/mol. The molecule has 2 rings (SSSR count). The standard InChI is InChI=1S/C14H11Br2NO/c1-8-2-4-10(12(15)6-8)14(18)11-5-3-9(17)7-13(11)16/h2-7H,17H2,1H3. The monoisotopic (exact) mass is 367 g/mol. The zero-order valence-corrected chi connectivity index (χ0v) is 12.9. The van der Waals surface area contributed by atoms with E-state index in [0.717, 1.165) is 10.0 Å². The Bertz CT molecular complexity index is 570. The Labute approximate surface area is 122 Å². The number of carbonyl (C=O) groups is 1. The Kier molecular flexibility index (Phi) is 3.88. The summed E-state index contributed by atoms with van der Waals surface area (Å²) in [5, 5.41) is 0. The second kappa shape index (κ2) is 5.24. The first-order chi connectivity index (χ1) is 8.49. The lowest BCUT2D eigenvalue weighted by atomic mass is 10.0. The van der Waals surface area contributed by atoms with Gasteiger partial charge in [-0.3, -0.25) is 4.79 Å². The molecule has 0 aromatic heterocycles. The van der Waals surface area contributed by atoms with Gasteiger partial charge in [0.1, 0.15) is 0 Å². The molecule has 2 aromatic rings. The van der Waals surface area contributed by atoms with Gasteiger partial charge in [-0.05, 0) is 58.7 Å². The number of aryl methyl sites for hydroxylation is 1. The minimum Gasteiger partial charge on any atom is -0.399 e. The number of rotatable bonds is 2. The highest BCUT2D eigenvalue weighted by atomic mass is 79.9. The molecule has 0 aliphatic rings.